The van der Waals surface area contributed by atoms with Gasteiger partial charge in [-0.3, -0.25) is 9.59 Å². The molecule has 164 valence electrons. The van der Waals surface area contributed by atoms with Crippen molar-refractivity contribution in [2.75, 3.05) is 5.32 Å². The minimum Gasteiger partial charge on any atom is -0.478 e. The highest BCUT2D eigenvalue weighted by molar-refractivity contribution is 6.12. The standard InChI is InChI=1S/C25H24N2O5/c1-25(2,3)17-12-10-16(11-13-17)22(28)27-21(15-18-7-6-14-32-18)23(29)26-20-9-5-4-8-19(20)24(30)31/h4-15H,1-3H3,(H,26,29)(H,27,28)(H,30,31). The van der Waals surface area contributed by atoms with Gasteiger partial charge in [0.05, 0.1) is 17.5 Å². The van der Waals surface area contributed by atoms with Crippen molar-refractivity contribution in [3.05, 3.63) is 95.1 Å². The van der Waals surface area contributed by atoms with E-state index in [1.165, 1.54) is 24.5 Å². The highest BCUT2D eigenvalue weighted by Crippen LogP contribution is 2.22. The van der Waals surface area contributed by atoms with Crippen LogP contribution in [0.5, 0.6) is 0 Å². The van der Waals surface area contributed by atoms with Crippen LogP contribution in [-0.2, 0) is 10.2 Å². The van der Waals surface area contributed by atoms with E-state index in [1.807, 2.05) is 12.1 Å². The number of amides is 2. The first-order valence-electron chi connectivity index (χ1n) is 9.96. The first-order valence-corrected chi connectivity index (χ1v) is 9.96. The number of carboxylic acids is 1. The number of carbonyl (C=O) groups excluding carboxylic acids is 2. The molecule has 7 nitrogen and oxygen atoms in total. The van der Waals surface area contributed by atoms with Gasteiger partial charge in [-0.05, 0) is 47.4 Å². The molecule has 0 saturated carbocycles. The van der Waals surface area contributed by atoms with Crippen LogP contribution in [-0.4, -0.2) is 22.9 Å². The van der Waals surface area contributed by atoms with Gasteiger partial charge in [0.25, 0.3) is 11.8 Å². The lowest BCUT2D eigenvalue weighted by Crippen LogP contribution is -2.31. The molecule has 3 N–H and O–H groups in total. The molecule has 0 saturated heterocycles. The van der Waals surface area contributed by atoms with Crippen LogP contribution in [0.2, 0.25) is 0 Å². The molecular formula is C25H24N2O5. The molecule has 0 fully saturated rings. The van der Waals surface area contributed by atoms with Gasteiger partial charge in [0.2, 0.25) is 0 Å². The largest absolute Gasteiger partial charge is 0.478 e. The van der Waals surface area contributed by atoms with Gasteiger partial charge in [-0.2, -0.15) is 0 Å². The Balaban J connectivity index is 1.86. The second kappa shape index (κ2) is 9.34. The van der Waals surface area contributed by atoms with E-state index >= 15 is 0 Å². The number of rotatable bonds is 6. The number of furan rings is 1. The molecule has 0 spiro atoms. The molecule has 3 aromatic rings. The third-order valence-electron chi connectivity index (χ3n) is 4.74. The molecule has 3 rings (SSSR count). The summed E-state index contributed by atoms with van der Waals surface area (Å²) in [4.78, 5) is 37.2. The summed E-state index contributed by atoms with van der Waals surface area (Å²) in [6, 6.07) is 16.4. The van der Waals surface area contributed by atoms with Crippen molar-refractivity contribution >= 4 is 29.5 Å². The van der Waals surface area contributed by atoms with Crippen LogP contribution in [0.25, 0.3) is 6.08 Å². The van der Waals surface area contributed by atoms with E-state index in [4.69, 9.17) is 4.42 Å². The molecule has 0 bridgehead atoms. The van der Waals surface area contributed by atoms with Crippen LogP contribution in [0.3, 0.4) is 0 Å². The molecule has 0 atom stereocenters. The fourth-order valence-electron chi connectivity index (χ4n) is 2.96. The molecular weight excluding hydrogens is 408 g/mol. The van der Waals surface area contributed by atoms with Crippen LogP contribution in [0.4, 0.5) is 5.69 Å². The van der Waals surface area contributed by atoms with Crippen molar-refractivity contribution in [2.24, 2.45) is 0 Å². The lowest BCUT2D eigenvalue weighted by atomic mass is 9.87. The maximum Gasteiger partial charge on any atom is 0.337 e. The molecule has 0 radical (unpaired) electrons. The van der Waals surface area contributed by atoms with Gasteiger partial charge < -0.3 is 20.2 Å². The zero-order valence-electron chi connectivity index (χ0n) is 18.0. The SMILES string of the molecule is CC(C)(C)c1ccc(C(=O)NC(=Cc2ccco2)C(=O)Nc2ccccc2C(=O)O)cc1. The van der Waals surface area contributed by atoms with Crippen molar-refractivity contribution < 1.29 is 23.9 Å². The van der Waals surface area contributed by atoms with Gasteiger partial charge in [-0.25, -0.2) is 4.79 Å². The zero-order valence-corrected chi connectivity index (χ0v) is 18.0. The number of hydrogen-bond donors (Lipinski definition) is 3. The van der Waals surface area contributed by atoms with E-state index in [0.717, 1.165) is 5.56 Å². The van der Waals surface area contributed by atoms with Gasteiger partial charge >= 0.3 is 5.97 Å². The number of nitrogens with one attached hydrogen (secondary N) is 2. The Morgan fingerprint density at radius 3 is 2.22 bits per heavy atom. The number of anilines is 1. The molecule has 0 aliphatic carbocycles. The fraction of sp³-hybridized carbons (Fsp3) is 0.160. The van der Waals surface area contributed by atoms with Gasteiger partial charge in [0.15, 0.2) is 0 Å². The molecule has 1 heterocycles. The zero-order chi connectivity index (χ0) is 23.3. The van der Waals surface area contributed by atoms with Crippen LogP contribution in [0.1, 0.15) is 52.8 Å². The van der Waals surface area contributed by atoms with Gasteiger partial charge in [-0.1, -0.05) is 45.0 Å². The van der Waals surface area contributed by atoms with E-state index in [2.05, 4.69) is 31.4 Å². The summed E-state index contributed by atoms with van der Waals surface area (Å²) in [6.07, 6.45) is 2.81. The highest BCUT2D eigenvalue weighted by atomic mass is 16.4. The Bertz CT molecular complexity index is 1150. The Labute approximate surface area is 185 Å². The monoisotopic (exact) mass is 432 g/mol. The first-order chi connectivity index (χ1) is 15.1. The number of hydrogen-bond acceptors (Lipinski definition) is 4. The second-order valence-corrected chi connectivity index (χ2v) is 8.16. The Morgan fingerprint density at radius 1 is 0.938 bits per heavy atom. The van der Waals surface area contributed by atoms with Crippen molar-refractivity contribution in [1.82, 2.24) is 5.32 Å². The number of benzene rings is 2. The average Bonchev–Trinajstić information content (AvgIpc) is 3.26. The van der Waals surface area contributed by atoms with Gasteiger partial charge in [0, 0.05) is 11.6 Å². The van der Waals surface area contributed by atoms with Crippen LogP contribution < -0.4 is 10.6 Å². The number of carboxylic acid groups (broad SMARTS) is 1. The summed E-state index contributed by atoms with van der Waals surface area (Å²) in [6.45, 7) is 6.22. The van der Waals surface area contributed by atoms with Crippen LogP contribution in [0, 0.1) is 0 Å². The van der Waals surface area contributed by atoms with E-state index < -0.39 is 17.8 Å². The topological polar surface area (TPSA) is 109 Å². The number of para-hydroxylation sites is 1. The van der Waals surface area contributed by atoms with Crippen LogP contribution in [0.15, 0.2) is 77.0 Å². The van der Waals surface area contributed by atoms with Gasteiger partial charge in [-0.15, -0.1) is 0 Å². The highest BCUT2D eigenvalue weighted by Gasteiger charge is 2.19. The molecule has 32 heavy (non-hydrogen) atoms. The lowest BCUT2D eigenvalue weighted by Gasteiger charge is -2.19. The average molecular weight is 432 g/mol. The first kappa shape index (κ1) is 22.6. The van der Waals surface area contributed by atoms with E-state index in [1.54, 1.807) is 36.4 Å². The minimum atomic E-state index is -1.18. The molecule has 0 aliphatic rings. The third kappa shape index (κ3) is 5.51. The number of carbonyl (C=O) groups is 3. The Morgan fingerprint density at radius 2 is 1.62 bits per heavy atom. The quantitative estimate of drug-likeness (QED) is 0.490. The summed E-state index contributed by atoms with van der Waals surface area (Å²) in [5.41, 5.74) is 1.34. The van der Waals surface area contributed by atoms with Crippen LogP contribution >= 0.6 is 0 Å². The molecule has 2 amide bonds. The maximum atomic E-state index is 12.9. The minimum absolute atomic E-state index is 0.0588. The summed E-state index contributed by atoms with van der Waals surface area (Å²) >= 11 is 0. The van der Waals surface area contributed by atoms with Crippen molar-refractivity contribution in [2.45, 2.75) is 26.2 Å². The third-order valence-corrected chi connectivity index (χ3v) is 4.74. The van der Waals surface area contributed by atoms with Crippen molar-refractivity contribution in [3.8, 4) is 0 Å². The molecule has 7 heteroatoms. The molecule has 0 aliphatic heterocycles. The summed E-state index contributed by atoms with van der Waals surface area (Å²) in [5, 5.41) is 14.5. The van der Waals surface area contributed by atoms with E-state index in [9.17, 15) is 19.5 Å². The Hall–Kier alpha value is -4.13. The van der Waals surface area contributed by atoms with Crippen molar-refractivity contribution in [3.63, 3.8) is 0 Å². The van der Waals surface area contributed by atoms with Crippen molar-refractivity contribution in [1.29, 1.82) is 0 Å². The predicted octanol–water partition coefficient (Wildman–Crippen LogP) is 4.68. The molecule has 1 aromatic heterocycles. The van der Waals surface area contributed by atoms with E-state index in [0.29, 0.717) is 11.3 Å². The predicted molar refractivity (Wildman–Crippen MR) is 121 cm³/mol. The Kier molecular flexibility index (Phi) is 6.59. The summed E-state index contributed by atoms with van der Waals surface area (Å²) in [7, 11) is 0. The van der Waals surface area contributed by atoms with Gasteiger partial charge in [0.1, 0.15) is 11.5 Å². The smallest absolute Gasteiger partial charge is 0.337 e. The lowest BCUT2D eigenvalue weighted by molar-refractivity contribution is -0.113. The summed E-state index contributed by atoms with van der Waals surface area (Å²) < 4.78 is 5.26. The number of aromatic carboxylic acids is 1. The second-order valence-electron chi connectivity index (χ2n) is 8.16. The maximum absolute atomic E-state index is 12.9. The normalized spacial score (nSPS) is 11.7. The summed E-state index contributed by atoms with van der Waals surface area (Å²) in [5.74, 6) is -2.00. The fourth-order valence-corrected chi connectivity index (χ4v) is 2.96. The van der Waals surface area contributed by atoms with E-state index in [-0.39, 0.29) is 22.4 Å². The molecule has 2 aromatic carbocycles. The molecule has 0 unspecified atom stereocenters.